The predicted octanol–water partition coefficient (Wildman–Crippen LogP) is 4.70. The normalized spacial score (nSPS) is 31.5. The Morgan fingerprint density at radius 1 is 0.680 bits per heavy atom. The van der Waals surface area contributed by atoms with Gasteiger partial charge in [0.25, 0.3) is 0 Å². The maximum absolute atomic E-state index is 11.2. The highest BCUT2D eigenvalue weighted by Gasteiger charge is 2.45. The number of rotatable bonds is 6. The fourth-order valence-corrected chi connectivity index (χ4v) is 15.1. The highest BCUT2D eigenvalue weighted by molar-refractivity contribution is 6.86. The second-order valence-electron chi connectivity index (χ2n) is 9.08. The van der Waals surface area contributed by atoms with E-state index in [-0.39, 0.29) is 11.8 Å². The average Bonchev–Trinajstić information content (AvgIpc) is 2.54. The van der Waals surface area contributed by atoms with Gasteiger partial charge in [-0.3, -0.25) is 9.59 Å². The van der Waals surface area contributed by atoms with Gasteiger partial charge >= 0.3 is 11.9 Å². The molecule has 2 saturated carbocycles. The lowest BCUT2D eigenvalue weighted by Gasteiger charge is -2.45. The summed E-state index contributed by atoms with van der Waals surface area (Å²) in [7, 11) is -3.75. The van der Waals surface area contributed by atoms with Gasteiger partial charge in [-0.25, -0.2) is 0 Å². The molecule has 7 heteroatoms. The highest BCUT2D eigenvalue weighted by Crippen LogP contribution is 2.45. The van der Waals surface area contributed by atoms with Gasteiger partial charge in [-0.2, -0.15) is 0 Å². The van der Waals surface area contributed by atoms with E-state index in [2.05, 4.69) is 26.2 Å². The molecule has 0 atom stereocenters. The first-order chi connectivity index (χ1) is 11.5. The van der Waals surface area contributed by atoms with E-state index in [1.807, 2.05) is 0 Å². The van der Waals surface area contributed by atoms with Crippen molar-refractivity contribution in [3.05, 3.63) is 0 Å². The van der Waals surface area contributed by atoms with Crippen LogP contribution in [0.2, 0.25) is 37.3 Å². The van der Waals surface area contributed by atoms with Crippen LogP contribution in [0.5, 0.6) is 0 Å². The van der Waals surface area contributed by atoms with Gasteiger partial charge in [0.1, 0.15) is 0 Å². The summed E-state index contributed by atoms with van der Waals surface area (Å²) in [5, 5.41) is 18.4. The molecule has 2 fully saturated rings. The number of aliphatic carboxylic acids is 2. The number of carbonyl (C=O) groups is 2. The minimum atomic E-state index is -1.87. The summed E-state index contributed by atoms with van der Waals surface area (Å²) in [5.41, 5.74) is 1.09. The SMILES string of the molecule is C[Si](C)(O[Si](C)(C)C1CCC(C(=O)O)CC1)C1CCC(C(=O)O)CC1. The van der Waals surface area contributed by atoms with Crippen LogP contribution in [0.15, 0.2) is 0 Å². The molecule has 2 N–H and O–H groups in total. The van der Waals surface area contributed by atoms with E-state index in [0.29, 0.717) is 11.1 Å². The van der Waals surface area contributed by atoms with Crippen LogP contribution in [0.25, 0.3) is 0 Å². The number of carboxylic acids is 2. The third-order valence-electron chi connectivity index (χ3n) is 6.65. The second kappa shape index (κ2) is 7.92. The van der Waals surface area contributed by atoms with Crippen LogP contribution in [0.1, 0.15) is 51.4 Å². The Kier molecular flexibility index (Phi) is 6.54. The highest BCUT2D eigenvalue weighted by atomic mass is 28.4. The van der Waals surface area contributed by atoms with Crippen LogP contribution in [0, 0.1) is 11.8 Å². The zero-order chi connectivity index (χ0) is 18.8. The zero-order valence-electron chi connectivity index (χ0n) is 16.1. The van der Waals surface area contributed by atoms with Crippen molar-refractivity contribution in [1.82, 2.24) is 0 Å². The fourth-order valence-electron chi connectivity index (χ4n) is 4.92. The molecule has 0 aromatic rings. The van der Waals surface area contributed by atoms with Gasteiger partial charge in [0.15, 0.2) is 16.6 Å². The van der Waals surface area contributed by atoms with Crippen molar-refractivity contribution in [3.8, 4) is 0 Å². The van der Waals surface area contributed by atoms with Crippen LogP contribution >= 0.6 is 0 Å². The molecule has 0 aliphatic heterocycles. The third-order valence-corrected chi connectivity index (χ3v) is 15.9. The molecule has 0 spiro atoms. The van der Waals surface area contributed by atoms with Crippen molar-refractivity contribution in [2.45, 2.75) is 88.6 Å². The molecule has 144 valence electrons. The average molecular weight is 387 g/mol. The van der Waals surface area contributed by atoms with E-state index < -0.39 is 28.6 Å². The first-order valence-corrected chi connectivity index (χ1v) is 15.7. The lowest BCUT2D eigenvalue weighted by atomic mass is 9.89. The molecule has 2 aliphatic carbocycles. The van der Waals surface area contributed by atoms with Gasteiger partial charge < -0.3 is 14.3 Å². The molecule has 2 aliphatic rings. The number of hydrogen-bond donors (Lipinski definition) is 2. The van der Waals surface area contributed by atoms with E-state index in [0.717, 1.165) is 51.4 Å². The van der Waals surface area contributed by atoms with Crippen molar-refractivity contribution in [2.24, 2.45) is 11.8 Å². The fraction of sp³-hybridized carbons (Fsp3) is 0.889. The first-order valence-electron chi connectivity index (χ1n) is 9.68. The Hall–Kier alpha value is -0.666. The van der Waals surface area contributed by atoms with E-state index >= 15 is 0 Å². The Morgan fingerprint density at radius 2 is 0.960 bits per heavy atom. The van der Waals surface area contributed by atoms with Crippen LogP contribution in [0.4, 0.5) is 0 Å². The Balaban J connectivity index is 1.92. The molecule has 0 aromatic heterocycles. The topological polar surface area (TPSA) is 83.8 Å². The Labute approximate surface area is 153 Å². The van der Waals surface area contributed by atoms with E-state index in [4.69, 9.17) is 4.12 Å². The molecular formula is C18H34O5Si2. The predicted molar refractivity (Wildman–Crippen MR) is 103 cm³/mol. The Morgan fingerprint density at radius 3 is 1.20 bits per heavy atom. The van der Waals surface area contributed by atoms with Crippen LogP contribution < -0.4 is 0 Å². The molecule has 0 amide bonds. The molecule has 25 heavy (non-hydrogen) atoms. The van der Waals surface area contributed by atoms with Gasteiger partial charge in [0.05, 0.1) is 11.8 Å². The van der Waals surface area contributed by atoms with Gasteiger partial charge in [-0.15, -0.1) is 0 Å². The molecule has 0 heterocycles. The summed E-state index contributed by atoms with van der Waals surface area (Å²) in [4.78, 5) is 22.3. The summed E-state index contributed by atoms with van der Waals surface area (Å²) in [6.07, 6.45) is 7.05. The summed E-state index contributed by atoms with van der Waals surface area (Å²) in [6.45, 7) is 9.21. The monoisotopic (exact) mass is 386 g/mol. The molecule has 0 bridgehead atoms. The Bertz CT molecular complexity index is 446. The second-order valence-corrected chi connectivity index (χ2v) is 17.9. The molecule has 0 unspecified atom stereocenters. The minimum Gasteiger partial charge on any atom is -0.481 e. The van der Waals surface area contributed by atoms with Gasteiger partial charge in [0.2, 0.25) is 0 Å². The molecular weight excluding hydrogens is 352 g/mol. The first kappa shape index (κ1) is 20.6. The van der Waals surface area contributed by atoms with Crippen molar-refractivity contribution >= 4 is 28.6 Å². The van der Waals surface area contributed by atoms with Gasteiger partial charge in [-0.1, -0.05) is 0 Å². The van der Waals surface area contributed by atoms with Gasteiger partial charge in [-0.05, 0) is 88.6 Å². The summed E-state index contributed by atoms with van der Waals surface area (Å²) < 4.78 is 6.88. The maximum atomic E-state index is 11.2. The zero-order valence-corrected chi connectivity index (χ0v) is 18.1. The van der Waals surface area contributed by atoms with E-state index in [1.54, 1.807) is 0 Å². The quantitative estimate of drug-likeness (QED) is 0.646. The van der Waals surface area contributed by atoms with E-state index in [1.165, 1.54) is 0 Å². The van der Waals surface area contributed by atoms with Crippen LogP contribution in [0.3, 0.4) is 0 Å². The number of carboxylic acid groups (broad SMARTS) is 2. The van der Waals surface area contributed by atoms with Crippen molar-refractivity contribution in [1.29, 1.82) is 0 Å². The molecule has 2 rings (SSSR count). The third kappa shape index (κ3) is 5.17. The van der Waals surface area contributed by atoms with Crippen molar-refractivity contribution in [2.75, 3.05) is 0 Å². The van der Waals surface area contributed by atoms with Gasteiger partial charge in [0, 0.05) is 0 Å². The summed E-state index contributed by atoms with van der Waals surface area (Å²) >= 11 is 0. The molecule has 0 radical (unpaired) electrons. The minimum absolute atomic E-state index is 0.169. The standard InChI is InChI=1S/C18H34O5Si2/c1-24(2,15-9-5-13(6-10-15)17(19)20)23-25(3,4)16-11-7-14(8-12-16)18(21)22/h13-16H,5-12H2,1-4H3,(H,19,20)(H,21,22). The molecule has 0 saturated heterocycles. The molecule has 0 aromatic carbocycles. The van der Waals surface area contributed by atoms with Crippen LogP contribution in [-0.2, 0) is 13.7 Å². The smallest absolute Gasteiger partial charge is 0.306 e. The lowest BCUT2D eigenvalue weighted by Crippen LogP contribution is -2.51. The summed E-state index contributed by atoms with van der Waals surface area (Å²) in [5.74, 6) is -1.64. The van der Waals surface area contributed by atoms with Crippen molar-refractivity contribution < 1.29 is 23.9 Å². The lowest BCUT2D eigenvalue weighted by molar-refractivity contribution is -0.143. The largest absolute Gasteiger partial charge is 0.481 e. The number of hydrogen-bond acceptors (Lipinski definition) is 3. The molecule has 5 nitrogen and oxygen atoms in total. The maximum Gasteiger partial charge on any atom is 0.306 e. The van der Waals surface area contributed by atoms with E-state index in [9.17, 15) is 19.8 Å². The summed E-state index contributed by atoms with van der Waals surface area (Å²) in [6, 6.07) is 0. The van der Waals surface area contributed by atoms with Crippen molar-refractivity contribution in [3.63, 3.8) is 0 Å². The van der Waals surface area contributed by atoms with Crippen LogP contribution in [-0.4, -0.2) is 38.8 Å².